The number of amidine groups is 1. The summed E-state index contributed by atoms with van der Waals surface area (Å²) < 4.78 is 0. The van der Waals surface area contributed by atoms with E-state index in [1.165, 1.54) is 0 Å². The second-order valence-electron chi connectivity index (χ2n) is 9.84. The van der Waals surface area contributed by atoms with Crippen molar-refractivity contribution in [2.24, 2.45) is 27.3 Å². The van der Waals surface area contributed by atoms with Crippen molar-refractivity contribution >= 4 is 34.9 Å². The standard InChI is InChI=1S/C26H29N7O2.CH4O/c1-17(2)23(12-34)28-11-25(29-27)33-15-26(16-33)13-32(14-26)19-8-7-18-9-22(31-30-21(18)10-19)20-5-3-4-6-24(20)35;1-2/h3-12,17,23,35H,13-16,27H2,1-2H3;2H,1H3/b28-11?,29-25+;. The van der Waals surface area contributed by atoms with Crippen molar-refractivity contribution in [1.29, 1.82) is 0 Å². The van der Waals surface area contributed by atoms with E-state index < -0.39 is 0 Å². The monoisotopic (exact) mass is 503 g/mol. The zero-order valence-corrected chi connectivity index (χ0v) is 21.3. The molecule has 2 fully saturated rings. The second-order valence-corrected chi connectivity index (χ2v) is 9.84. The maximum atomic E-state index is 11.2. The normalized spacial score (nSPS) is 17.4. The van der Waals surface area contributed by atoms with Gasteiger partial charge in [-0.1, -0.05) is 32.0 Å². The minimum atomic E-state index is -0.383. The molecule has 2 aromatic carbocycles. The largest absolute Gasteiger partial charge is 0.507 e. The van der Waals surface area contributed by atoms with E-state index in [0.717, 1.165) is 56.2 Å². The lowest BCUT2D eigenvalue weighted by molar-refractivity contribution is -0.109. The smallest absolute Gasteiger partial charge is 0.166 e. The highest BCUT2D eigenvalue weighted by molar-refractivity contribution is 6.29. The average Bonchev–Trinajstić information content (AvgIpc) is 2.87. The highest BCUT2D eigenvalue weighted by Crippen LogP contribution is 2.42. The number of aromatic hydroxyl groups is 1. The van der Waals surface area contributed by atoms with Crippen molar-refractivity contribution in [3.63, 3.8) is 0 Å². The van der Waals surface area contributed by atoms with Crippen LogP contribution in [0.25, 0.3) is 22.2 Å². The van der Waals surface area contributed by atoms with E-state index in [9.17, 15) is 9.90 Å². The number of fused-ring (bicyclic) bond motifs is 1. The summed E-state index contributed by atoms with van der Waals surface area (Å²) in [4.78, 5) is 20.0. The summed E-state index contributed by atoms with van der Waals surface area (Å²) in [6, 6.07) is 14.9. The Labute approximate surface area is 216 Å². The van der Waals surface area contributed by atoms with Gasteiger partial charge >= 0.3 is 0 Å². The molecule has 0 saturated carbocycles. The number of phenolic OH excluding ortho intramolecular Hbond substituents is 1. The molecule has 2 saturated heterocycles. The minimum absolute atomic E-state index is 0.134. The first-order valence-electron chi connectivity index (χ1n) is 12.2. The Morgan fingerprint density at radius 3 is 2.46 bits per heavy atom. The summed E-state index contributed by atoms with van der Waals surface area (Å²) in [5, 5.41) is 30.7. The van der Waals surface area contributed by atoms with Crippen molar-refractivity contribution in [3.05, 3.63) is 48.5 Å². The summed E-state index contributed by atoms with van der Waals surface area (Å²) >= 11 is 0. The van der Waals surface area contributed by atoms with E-state index in [2.05, 4.69) is 48.3 Å². The van der Waals surface area contributed by atoms with Crippen LogP contribution in [0.4, 0.5) is 5.69 Å². The van der Waals surface area contributed by atoms with Crippen molar-refractivity contribution in [3.8, 4) is 17.0 Å². The number of aldehydes is 1. The molecule has 3 heterocycles. The number of rotatable bonds is 6. The summed E-state index contributed by atoms with van der Waals surface area (Å²) in [6.45, 7) is 7.52. The van der Waals surface area contributed by atoms with Gasteiger partial charge in [0, 0.05) is 55.3 Å². The van der Waals surface area contributed by atoms with Crippen LogP contribution in [0.15, 0.2) is 58.6 Å². The average molecular weight is 504 g/mol. The van der Waals surface area contributed by atoms with Gasteiger partial charge in [-0.3, -0.25) is 4.99 Å². The lowest BCUT2D eigenvalue weighted by Crippen LogP contribution is -2.73. The van der Waals surface area contributed by atoms with Crippen molar-refractivity contribution in [2.75, 3.05) is 38.2 Å². The third-order valence-electron chi connectivity index (χ3n) is 6.86. The number of para-hydroxylation sites is 1. The Bertz CT molecular complexity index is 1310. The zero-order valence-electron chi connectivity index (χ0n) is 21.3. The lowest BCUT2D eigenvalue weighted by Gasteiger charge is -2.61. The summed E-state index contributed by atoms with van der Waals surface area (Å²) in [5.41, 5.74) is 3.46. The Balaban J connectivity index is 0.00000156. The van der Waals surface area contributed by atoms with Crippen LogP contribution in [0.5, 0.6) is 5.75 Å². The molecule has 1 atom stereocenters. The Kier molecular flexibility index (Phi) is 7.68. The molecule has 10 heteroatoms. The SMILES string of the molecule is CC(C)C(C=O)N=C/C(=N\N)N1CC2(C1)CN(c1ccc3cc(-c4ccccc4O)nnc3c1)C2.CO. The molecule has 1 aromatic heterocycles. The van der Waals surface area contributed by atoms with E-state index in [4.69, 9.17) is 10.9 Å². The summed E-state index contributed by atoms with van der Waals surface area (Å²) in [5.74, 6) is 6.53. The van der Waals surface area contributed by atoms with Gasteiger partial charge in [-0.25, -0.2) is 0 Å². The van der Waals surface area contributed by atoms with Crippen LogP contribution in [0.2, 0.25) is 0 Å². The van der Waals surface area contributed by atoms with Crippen LogP contribution in [0, 0.1) is 11.3 Å². The van der Waals surface area contributed by atoms with Crippen LogP contribution in [-0.2, 0) is 4.79 Å². The van der Waals surface area contributed by atoms with Gasteiger partial charge in [-0.05, 0) is 36.2 Å². The fraction of sp³-hybridized carbons (Fsp3) is 0.370. The van der Waals surface area contributed by atoms with Gasteiger partial charge in [0.1, 0.15) is 18.1 Å². The van der Waals surface area contributed by atoms with E-state index in [1.807, 2.05) is 32.0 Å². The molecule has 37 heavy (non-hydrogen) atoms. The van der Waals surface area contributed by atoms with Crippen LogP contribution in [-0.4, -0.2) is 83.0 Å². The maximum Gasteiger partial charge on any atom is 0.166 e. The van der Waals surface area contributed by atoms with Gasteiger partial charge in [0.05, 0.1) is 17.4 Å². The number of phenols is 1. The number of hydrogen-bond donors (Lipinski definition) is 3. The quantitative estimate of drug-likeness (QED) is 0.153. The molecule has 1 spiro atoms. The minimum Gasteiger partial charge on any atom is -0.507 e. The molecule has 0 amide bonds. The van der Waals surface area contributed by atoms with Crippen molar-refractivity contribution in [2.45, 2.75) is 19.9 Å². The van der Waals surface area contributed by atoms with Gasteiger partial charge in [0.2, 0.25) is 0 Å². The summed E-state index contributed by atoms with van der Waals surface area (Å²) in [6.07, 6.45) is 2.48. The molecule has 0 bridgehead atoms. The number of likely N-dealkylation sites (tertiary alicyclic amines) is 1. The van der Waals surface area contributed by atoms with E-state index in [-0.39, 0.29) is 23.1 Å². The fourth-order valence-corrected chi connectivity index (χ4v) is 4.83. The molecule has 1 unspecified atom stereocenters. The molecule has 10 nitrogen and oxygen atoms in total. The van der Waals surface area contributed by atoms with E-state index in [0.29, 0.717) is 17.1 Å². The molecule has 2 aliphatic rings. The van der Waals surface area contributed by atoms with Crippen molar-refractivity contribution < 1.29 is 15.0 Å². The third-order valence-corrected chi connectivity index (χ3v) is 6.86. The van der Waals surface area contributed by atoms with Crippen LogP contribution in [0.1, 0.15) is 13.8 Å². The number of nitrogens with zero attached hydrogens (tertiary/aromatic N) is 6. The number of anilines is 1. The first kappa shape index (κ1) is 26.0. The second kappa shape index (κ2) is 10.9. The van der Waals surface area contributed by atoms with Crippen LogP contribution >= 0.6 is 0 Å². The van der Waals surface area contributed by atoms with Gasteiger partial charge in [-0.2, -0.15) is 5.10 Å². The summed E-state index contributed by atoms with van der Waals surface area (Å²) in [7, 11) is 1.00. The zero-order chi connectivity index (χ0) is 26.6. The number of hydrogen-bond acceptors (Lipinski definition) is 9. The molecular weight excluding hydrogens is 470 g/mol. The highest BCUT2D eigenvalue weighted by Gasteiger charge is 2.52. The van der Waals surface area contributed by atoms with Gasteiger partial charge in [0.15, 0.2) is 5.84 Å². The molecule has 2 aliphatic heterocycles. The number of aliphatic imine (C=N–C) groups is 1. The van der Waals surface area contributed by atoms with E-state index >= 15 is 0 Å². The topological polar surface area (TPSA) is 141 Å². The van der Waals surface area contributed by atoms with Crippen LogP contribution in [0.3, 0.4) is 0 Å². The lowest BCUT2D eigenvalue weighted by atomic mass is 9.72. The number of aliphatic hydroxyl groups is 1. The first-order chi connectivity index (χ1) is 17.9. The number of aliphatic hydroxyl groups excluding tert-OH is 1. The Hall–Kier alpha value is -4.05. The molecule has 4 N–H and O–H groups in total. The van der Waals surface area contributed by atoms with Crippen molar-refractivity contribution in [1.82, 2.24) is 15.1 Å². The maximum absolute atomic E-state index is 11.2. The van der Waals surface area contributed by atoms with E-state index in [1.54, 1.807) is 18.3 Å². The molecule has 0 radical (unpaired) electrons. The molecule has 194 valence electrons. The molecule has 3 aromatic rings. The number of carbonyl (C=O) groups is 1. The van der Waals surface area contributed by atoms with Gasteiger partial charge in [0.25, 0.3) is 0 Å². The molecule has 5 rings (SSSR count). The number of nitrogens with two attached hydrogens (primary N) is 1. The predicted molar refractivity (Wildman–Crippen MR) is 146 cm³/mol. The fourth-order valence-electron chi connectivity index (χ4n) is 4.83. The first-order valence-corrected chi connectivity index (χ1v) is 12.2. The molecular formula is C27H33N7O3. The number of hydrazone groups is 1. The number of aromatic nitrogens is 2. The van der Waals surface area contributed by atoms with Crippen LogP contribution < -0.4 is 10.7 Å². The number of carbonyl (C=O) groups excluding carboxylic acids is 1. The third kappa shape index (κ3) is 5.24. The number of benzene rings is 2. The Morgan fingerprint density at radius 2 is 1.81 bits per heavy atom. The highest BCUT2D eigenvalue weighted by atomic mass is 16.3. The predicted octanol–water partition coefficient (Wildman–Crippen LogP) is 2.30. The Morgan fingerprint density at radius 1 is 1.08 bits per heavy atom. The molecule has 0 aliphatic carbocycles. The van der Waals surface area contributed by atoms with Gasteiger partial charge < -0.3 is 30.7 Å². The van der Waals surface area contributed by atoms with Gasteiger partial charge in [-0.15, -0.1) is 10.2 Å².